The molecule has 3 rings (SSSR count). The zero-order valence-electron chi connectivity index (χ0n) is 16.6. The van der Waals surface area contributed by atoms with E-state index in [9.17, 15) is 4.79 Å². The van der Waals surface area contributed by atoms with Crippen LogP contribution in [0.3, 0.4) is 0 Å². The molecule has 0 aliphatic rings. The smallest absolute Gasteiger partial charge is 0.272 e. The first kappa shape index (κ1) is 18.8. The van der Waals surface area contributed by atoms with Gasteiger partial charge in [-0.05, 0) is 62.6 Å². The quantitative estimate of drug-likeness (QED) is 0.692. The van der Waals surface area contributed by atoms with Crippen molar-refractivity contribution in [1.29, 1.82) is 0 Å². The zero-order valence-corrected chi connectivity index (χ0v) is 16.6. The Bertz CT molecular complexity index is 986. The Morgan fingerprint density at radius 1 is 1.00 bits per heavy atom. The van der Waals surface area contributed by atoms with Gasteiger partial charge in [-0.25, -0.2) is 0 Å². The predicted octanol–water partition coefficient (Wildman–Crippen LogP) is 5.03. The van der Waals surface area contributed by atoms with Gasteiger partial charge in [0.25, 0.3) is 5.91 Å². The van der Waals surface area contributed by atoms with Crippen molar-refractivity contribution in [3.8, 4) is 5.75 Å². The van der Waals surface area contributed by atoms with Gasteiger partial charge in [0.15, 0.2) is 0 Å². The third kappa shape index (κ3) is 4.05. The van der Waals surface area contributed by atoms with E-state index in [1.165, 1.54) is 11.1 Å². The summed E-state index contributed by atoms with van der Waals surface area (Å²) in [6, 6.07) is 16.2. The summed E-state index contributed by atoms with van der Waals surface area (Å²) in [5.41, 5.74) is 6.84. The van der Waals surface area contributed by atoms with Gasteiger partial charge in [-0.3, -0.25) is 4.79 Å². The van der Waals surface area contributed by atoms with Gasteiger partial charge < -0.3 is 14.6 Å². The Labute approximate surface area is 160 Å². The summed E-state index contributed by atoms with van der Waals surface area (Å²) in [5, 5.41) is 3.03. The van der Waals surface area contributed by atoms with Crippen molar-refractivity contribution in [1.82, 2.24) is 4.57 Å². The number of rotatable bonds is 5. The van der Waals surface area contributed by atoms with E-state index in [1.54, 1.807) is 7.11 Å². The lowest BCUT2D eigenvalue weighted by atomic mass is 10.1. The Morgan fingerprint density at radius 2 is 1.74 bits per heavy atom. The first-order valence-electron chi connectivity index (χ1n) is 9.07. The fraction of sp³-hybridized carbons (Fsp3) is 0.261. The van der Waals surface area contributed by atoms with Gasteiger partial charge >= 0.3 is 0 Å². The number of anilines is 1. The van der Waals surface area contributed by atoms with Crippen LogP contribution in [0.1, 0.15) is 38.4 Å². The van der Waals surface area contributed by atoms with E-state index >= 15 is 0 Å². The van der Waals surface area contributed by atoms with Gasteiger partial charge in [0.2, 0.25) is 0 Å². The molecule has 2 aromatic carbocycles. The van der Waals surface area contributed by atoms with Crippen LogP contribution in [0.25, 0.3) is 0 Å². The first-order valence-corrected chi connectivity index (χ1v) is 9.07. The van der Waals surface area contributed by atoms with Gasteiger partial charge in [-0.15, -0.1) is 0 Å². The third-order valence-electron chi connectivity index (χ3n) is 4.74. The number of amides is 1. The molecule has 1 heterocycles. The minimum absolute atomic E-state index is 0.128. The molecule has 0 bridgehead atoms. The molecular formula is C23H26N2O2. The molecule has 0 unspecified atom stereocenters. The van der Waals surface area contributed by atoms with Crippen LogP contribution >= 0.6 is 0 Å². The summed E-state index contributed by atoms with van der Waals surface area (Å²) in [4.78, 5) is 13.1. The van der Waals surface area contributed by atoms with Crippen molar-refractivity contribution in [2.45, 2.75) is 34.2 Å². The number of nitrogens with one attached hydrogen (secondary N) is 1. The molecule has 0 atom stereocenters. The fourth-order valence-corrected chi connectivity index (χ4v) is 3.45. The number of hydrogen-bond donors (Lipinski definition) is 1. The molecule has 1 aromatic heterocycles. The number of benzene rings is 2. The van der Waals surface area contributed by atoms with Crippen molar-refractivity contribution in [2.24, 2.45) is 0 Å². The maximum atomic E-state index is 13.1. The van der Waals surface area contributed by atoms with E-state index in [0.29, 0.717) is 23.7 Å². The molecule has 0 saturated carbocycles. The van der Waals surface area contributed by atoms with Crippen molar-refractivity contribution < 1.29 is 9.53 Å². The van der Waals surface area contributed by atoms with Crippen LogP contribution in [0.5, 0.6) is 5.75 Å². The number of carbonyl (C=O) groups excluding carboxylic acids is 1. The van der Waals surface area contributed by atoms with Gasteiger partial charge in [-0.1, -0.05) is 35.9 Å². The molecule has 27 heavy (non-hydrogen) atoms. The SMILES string of the molecule is COc1ccc(C)cc1NC(=O)c1c(C)cc(C)n1Cc1cccc(C)c1. The molecule has 0 spiro atoms. The van der Waals surface area contributed by atoms with Crippen LogP contribution in [-0.4, -0.2) is 17.6 Å². The summed E-state index contributed by atoms with van der Waals surface area (Å²) in [7, 11) is 1.61. The highest BCUT2D eigenvalue weighted by Crippen LogP contribution is 2.27. The molecule has 0 radical (unpaired) electrons. The van der Waals surface area contributed by atoms with E-state index < -0.39 is 0 Å². The molecular weight excluding hydrogens is 336 g/mol. The molecule has 0 saturated heterocycles. The van der Waals surface area contributed by atoms with E-state index in [1.807, 2.05) is 45.0 Å². The van der Waals surface area contributed by atoms with Crippen LogP contribution in [-0.2, 0) is 6.54 Å². The monoisotopic (exact) mass is 362 g/mol. The minimum Gasteiger partial charge on any atom is -0.495 e. The van der Waals surface area contributed by atoms with Gasteiger partial charge in [0.1, 0.15) is 11.4 Å². The number of carbonyl (C=O) groups is 1. The normalized spacial score (nSPS) is 10.7. The highest BCUT2D eigenvalue weighted by molar-refractivity contribution is 6.05. The zero-order chi connectivity index (χ0) is 19.6. The molecule has 3 aromatic rings. The van der Waals surface area contributed by atoms with E-state index in [4.69, 9.17) is 4.74 Å². The number of nitrogens with zero attached hydrogens (tertiary/aromatic N) is 1. The summed E-state index contributed by atoms with van der Waals surface area (Å²) < 4.78 is 7.46. The Morgan fingerprint density at radius 3 is 2.44 bits per heavy atom. The van der Waals surface area contributed by atoms with Crippen molar-refractivity contribution >= 4 is 11.6 Å². The molecule has 1 N–H and O–H groups in total. The molecule has 0 aliphatic carbocycles. The highest BCUT2D eigenvalue weighted by atomic mass is 16.5. The second-order valence-electron chi connectivity index (χ2n) is 7.05. The predicted molar refractivity (Wildman–Crippen MR) is 110 cm³/mol. The molecule has 4 nitrogen and oxygen atoms in total. The lowest BCUT2D eigenvalue weighted by molar-refractivity contribution is 0.101. The third-order valence-corrected chi connectivity index (χ3v) is 4.74. The Hall–Kier alpha value is -3.01. The molecule has 140 valence electrons. The minimum atomic E-state index is -0.128. The Kier molecular flexibility index (Phi) is 5.36. The average Bonchev–Trinajstić information content (AvgIpc) is 2.88. The maximum Gasteiger partial charge on any atom is 0.272 e. The number of aromatic nitrogens is 1. The van der Waals surface area contributed by atoms with Crippen LogP contribution < -0.4 is 10.1 Å². The second kappa shape index (κ2) is 7.70. The largest absolute Gasteiger partial charge is 0.495 e. The van der Waals surface area contributed by atoms with Gasteiger partial charge in [0.05, 0.1) is 12.8 Å². The summed E-state index contributed by atoms with van der Waals surface area (Å²) in [6.07, 6.45) is 0. The van der Waals surface area contributed by atoms with Crippen LogP contribution in [0.4, 0.5) is 5.69 Å². The van der Waals surface area contributed by atoms with Crippen molar-refractivity contribution in [3.63, 3.8) is 0 Å². The molecule has 4 heteroatoms. The molecule has 1 amide bonds. The van der Waals surface area contributed by atoms with Crippen LogP contribution in [0.2, 0.25) is 0 Å². The summed E-state index contributed by atoms with van der Waals surface area (Å²) >= 11 is 0. The van der Waals surface area contributed by atoms with Crippen molar-refractivity contribution in [2.75, 3.05) is 12.4 Å². The van der Waals surface area contributed by atoms with E-state index in [0.717, 1.165) is 16.8 Å². The van der Waals surface area contributed by atoms with Crippen LogP contribution in [0, 0.1) is 27.7 Å². The average molecular weight is 362 g/mol. The summed E-state index contributed by atoms with van der Waals surface area (Å²) in [5.74, 6) is 0.525. The lowest BCUT2D eigenvalue weighted by Gasteiger charge is -2.15. The number of aryl methyl sites for hydroxylation is 4. The van der Waals surface area contributed by atoms with Crippen molar-refractivity contribution in [3.05, 3.63) is 82.2 Å². The summed E-state index contributed by atoms with van der Waals surface area (Å²) in [6.45, 7) is 8.74. The van der Waals surface area contributed by atoms with E-state index in [2.05, 4.69) is 41.1 Å². The Balaban J connectivity index is 1.95. The topological polar surface area (TPSA) is 43.3 Å². The molecule has 0 fully saturated rings. The standard InChI is InChI=1S/C23H26N2O2/c1-15-7-6-8-19(11-15)14-25-18(4)13-17(3)22(25)23(26)24-20-12-16(2)9-10-21(20)27-5/h6-13H,14H2,1-5H3,(H,24,26). The molecule has 0 aliphatic heterocycles. The van der Waals surface area contributed by atoms with Crippen LogP contribution in [0.15, 0.2) is 48.5 Å². The number of ether oxygens (including phenoxy) is 1. The maximum absolute atomic E-state index is 13.1. The number of methoxy groups -OCH3 is 1. The highest BCUT2D eigenvalue weighted by Gasteiger charge is 2.19. The lowest BCUT2D eigenvalue weighted by Crippen LogP contribution is -2.19. The fourth-order valence-electron chi connectivity index (χ4n) is 3.45. The van der Waals surface area contributed by atoms with Gasteiger partial charge in [-0.2, -0.15) is 0 Å². The number of hydrogen-bond acceptors (Lipinski definition) is 2. The van der Waals surface area contributed by atoms with E-state index in [-0.39, 0.29) is 5.91 Å². The second-order valence-corrected chi connectivity index (χ2v) is 7.05. The van der Waals surface area contributed by atoms with Gasteiger partial charge in [0, 0.05) is 12.2 Å². The first-order chi connectivity index (χ1) is 12.9.